The molecule has 2 aromatic heterocycles. The highest BCUT2D eigenvalue weighted by atomic mass is 16.1. The van der Waals surface area contributed by atoms with E-state index in [0.717, 1.165) is 23.4 Å². The van der Waals surface area contributed by atoms with Crippen LogP contribution in [0.25, 0.3) is 11.4 Å². The second-order valence-electron chi connectivity index (χ2n) is 4.11. The van der Waals surface area contributed by atoms with Crippen molar-refractivity contribution in [3.63, 3.8) is 0 Å². The fourth-order valence-corrected chi connectivity index (χ4v) is 1.78. The third-order valence-corrected chi connectivity index (χ3v) is 3.08. The summed E-state index contributed by atoms with van der Waals surface area (Å²) >= 11 is 0. The predicted octanol–water partition coefficient (Wildman–Crippen LogP) is 1.35. The summed E-state index contributed by atoms with van der Waals surface area (Å²) in [5.74, 6) is 0.600. The Kier molecular flexibility index (Phi) is 2.83. The average molecular weight is 232 g/mol. The van der Waals surface area contributed by atoms with E-state index in [1.54, 1.807) is 17.8 Å². The van der Waals surface area contributed by atoms with Crippen molar-refractivity contribution >= 4 is 0 Å². The van der Waals surface area contributed by atoms with Crippen molar-refractivity contribution in [1.82, 2.24) is 19.7 Å². The maximum Gasteiger partial charge on any atom is 0.254 e. The number of rotatable bonds is 2. The predicted molar refractivity (Wildman–Crippen MR) is 65.9 cm³/mol. The summed E-state index contributed by atoms with van der Waals surface area (Å²) in [6, 6.07) is 0. The largest absolute Gasteiger partial charge is 0.306 e. The molecule has 0 aliphatic rings. The average Bonchev–Trinajstić information content (AvgIpc) is 2.64. The van der Waals surface area contributed by atoms with Crippen LogP contribution in [0.1, 0.15) is 23.9 Å². The Labute approximate surface area is 99.5 Å². The monoisotopic (exact) mass is 232 g/mol. The van der Waals surface area contributed by atoms with Gasteiger partial charge in [-0.1, -0.05) is 6.92 Å². The van der Waals surface area contributed by atoms with Crippen molar-refractivity contribution in [3.05, 3.63) is 33.5 Å². The quantitative estimate of drug-likeness (QED) is 0.850. The van der Waals surface area contributed by atoms with Gasteiger partial charge in [-0.25, -0.2) is 4.98 Å². The molecule has 17 heavy (non-hydrogen) atoms. The second kappa shape index (κ2) is 4.16. The Morgan fingerprint density at radius 2 is 2.12 bits per heavy atom. The lowest BCUT2D eigenvalue weighted by Crippen LogP contribution is -2.15. The SMILES string of the molecule is CCc1nc(-c2cnn(C)c2C)[nH]c(=O)c1C. The molecule has 5 heteroatoms. The topological polar surface area (TPSA) is 63.6 Å². The van der Waals surface area contributed by atoms with Crippen LogP contribution in [0.3, 0.4) is 0 Å². The van der Waals surface area contributed by atoms with Crippen LogP contribution >= 0.6 is 0 Å². The minimum absolute atomic E-state index is 0.0740. The van der Waals surface area contributed by atoms with Crippen molar-refractivity contribution in [1.29, 1.82) is 0 Å². The fourth-order valence-electron chi connectivity index (χ4n) is 1.78. The van der Waals surface area contributed by atoms with Gasteiger partial charge in [0.15, 0.2) is 0 Å². The molecule has 0 saturated heterocycles. The Morgan fingerprint density at radius 1 is 1.41 bits per heavy atom. The molecular formula is C12H16N4O. The number of aromatic nitrogens is 4. The van der Waals surface area contributed by atoms with Crippen LogP contribution in [0.15, 0.2) is 11.0 Å². The van der Waals surface area contributed by atoms with Gasteiger partial charge in [-0.05, 0) is 20.3 Å². The van der Waals surface area contributed by atoms with Crippen molar-refractivity contribution in [2.24, 2.45) is 7.05 Å². The van der Waals surface area contributed by atoms with Crippen molar-refractivity contribution in [3.8, 4) is 11.4 Å². The zero-order valence-corrected chi connectivity index (χ0v) is 10.5. The standard InChI is InChI=1S/C12H16N4O/c1-5-10-7(2)12(17)15-11(14-10)9-6-13-16(4)8(9)3/h6H,5H2,1-4H3,(H,14,15,17). The van der Waals surface area contributed by atoms with E-state index in [9.17, 15) is 4.79 Å². The third-order valence-electron chi connectivity index (χ3n) is 3.08. The molecule has 0 aromatic carbocycles. The highest BCUT2D eigenvalue weighted by Gasteiger charge is 2.12. The molecule has 0 atom stereocenters. The molecule has 2 aromatic rings. The van der Waals surface area contributed by atoms with Gasteiger partial charge >= 0.3 is 0 Å². The van der Waals surface area contributed by atoms with E-state index < -0.39 is 0 Å². The van der Waals surface area contributed by atoms with Crippen molar-refractivity contribution in [2.75, 3.05) is 0 Å². The summed E-state index contributed by atoms with van der Waals surface area (Å²) in [6.07, 6.45) is 2.48. The summed E-state index contributed by atoms with van der Waals surface area (Å²) in [5.41, 5.74) is 3.32. The molecule has 0 aliphatic carbocycles. The first kappa shape index (κ1) is 11.6. The number of aryl methyl sites for hydroxylation is 2. The van der Waals surface area contributed by atoms with Crippen LogP contribution in [0.5, 0.6) is 0 Å². The zero-order chi connectivity index (χ0) is 12.6. The molecule has 0 bridgehead atoms. The van der Waals surface area contributed by atoms with Gasteiger partial charge in [0.05, 0.1) is 17.5 Å². The van der Waals surface area contributed by atoms with E-state index in [1.165, 1.54) is 0 Å². The fraction of sp³-hybridized carbons (Fsp3) is 0.417. The molecule has 5 nitrogen and oxygen atoms in total. The summed E-state index contributed by atoms with van der Waals surface area (Å²) in [4.78, 5) is 19.1. The van der Waals surface area contributed by atoms with E-state index >= 15 is 0 Å². The van der Waals surface area contributed by atoms with Crippen LogP contribution in [0.2, 0.25) is 0 Å². The normalized spacial score (nSPS) is 10.8. The smallest absolute Gasteiger partial charge is 0.254 e. The number of nitrogens with zero attached hydrogens (tertiary/aromatic N) is 3. The van der Waals surface area contributed by atoms with Gasteiger partial charge in [-0.2, -0.15) is 5.10 Å². The van der Waals surface area contributed by atoms with Crippen molar-refractivity contribution in [2.45, 2.75) is 27.2 Å². The van der Waals surface area contributed by atoms with Gasteiger partial charge in [-0.15, -0.1) is 0 Å². The first-order valence-corrected chi connectivity index (χ1v) is 5.63. The van der Waals surface area contributed by atoms with Crippen LogP contribution < -0.4 is 5.56 Å². The van der Waals surface area contributed by atoms with Gasteiger partial charge in [0.2, 0.25) is 0 Å². The summed E-state index contributed by atoms with van der Waals surface area (Å²) in [6.45, 7) is 5.74. The number of aromatic amines is 1. The lowest BCUT2D eigenvalue weighted by molar-refractivity contribution is 0.740. The van der Waals surface area contributed by atoms with E-state index in [-0.39, 0.29) is 5.56 Å². The lowest BCUT2D eigenvalue weighted by atomic mass is 10.2. The number of H-pyrrole nitrogens is 1. The maximum atomic E-state index is 11.8. The molecule has 90 valence electrons. The van der Waals surface area contributed by atoms with Gasteiger partial charge < -0.3 is 4.98 Å². The molecular weight excluding hydrogens is 216 g/mol. The molecule has 2 heterocycles. The van der Waals surface area contributed by atoms with Crippen LogP contribution in [0, 0.1) is 13.8 Å². The van der Waals surface area contributed by atoms with Crippen molar-refractivity contribution < 1.29 is 0 Å². The van der Waals surface area contributed by atoms with Crippen LogP contribution in [-0.2, 0) is 13.5 Å². The first-order chi connectivity index (χ1) is 8.04. The Morgan fingerprint density at radius 3 is 2.65 bits per heavy atom. The third kappa shape index (κ3) is 1.88. The molecule has 0 aliphatic heterocycles. The number of nitrogens with one attached hydrogen (secondary N) is 1. The lowest BCUT2D eigenvalue weighted by Gasteiger charge is -2.05. The summed E-state index contributed by atoms with van der Waals surface area (Å²) in [7, 11) is 1.87. The highest BCUT2D eigenvalue weighted by Crippen LogP contribution is 2.18. The maximum absolute atomic E-state index is 11.8. The zero-order valence-electron chi connectivity index (χ0n) is 10.5. The van der Waals surface area contributed by atoms with Crippen LogP contribution in [0.4, 0.5) is 0 Å². The highest BCUT2D eigenvalue weighted by molar-refractivity contribution is 5.57. The molecule has 2 rings (SSSR count). The Balaban J connectivity index is 2.65. The Bertz CT molecular complexity index is 609. The molecule has 0 fully saturated rings. The first-order valence-electron chi connectivity index (χ1n) is 5.63. The molecule has 0 spiro atoms. The van der Waals surface area contributed by atoms with Crippen LogP contribution in [-0.4, -0.2) is 19.7 Å². The Hall–Kier alpha value is -1.91. The van der Waals surface area contributed by atoms with Gasteiger partial charge in [0.25, 0.3) is 5.56 Å². The van der Waals surface area contributed by atoms with E-state index in [4.69, 9.17) is 0 Å². The van der Waals surface area contributed by atoms with Gasteiger partial charge in [0, 0.05) is 18.3 Å². The molecule has 1 N–H and O–H groups in total. The van der Waals surface area contributed by atoms with E-state index in [0.29, 0.717) is 11.4 Å². The minimum Gasteiger partial charge on any atom is -0.306 e. The van der Waals surface area contributed by atoms with Gasteiger partial charge in [-0.3, -0.25) is 9.48 Å². The number of hydrogen-bond donors (Lipinski definition) is 1. The number of hydrogen-bond acceptors (Lipinski definition) is 3. The van der Waals surface area contributed by atoms with E-state index in [2.05, 4.69) is 15.1 Å². The molecule has 0 radical (unpaired) electrons. The van der Waals surface area contributed by atoms with Gasteiger partial charge in [0.1, 0.15) is 5.82 Å². The summed E-state index contributed by atoms with van der Waals surface area (Å²) < 4.78 is 1.76. The van der Waals surface area contributed by atoms with E-state index in [1.807, 2.05) is 20.9 Å². The molecule has 0 unspecified atom stereocenters. The molecule has 0 saturated carbocycles. The molecule has 0 amide bonds. The summed E-state index contributed by atoms with van der Waals surface area (Å²) in [5, 5.41) is 4.15. The minimum atomic E-state index is -0.0740. The second-order valence-corrected chi connectivity index (χ2v) is 4.11.